The van der Waals surface area contributed by atoms with Crippen LogP contribution in [0.1, 0.15) is 32.9 Å². The molecule has 0 bridgehead atoms. The number of carbonyl (C=O) groups excluding carboxylic acids is 1. The fraction of sp³-hybridized carbons (Fsp3) is 0.150. The van der Waals surface area contributed by atoms with Crippen LogP contribution in [0.15, 0.2) is 42.5 Å². The van der Waals surface area contributed by atoms with E-state index < -0.39 is 5.91 Å². The summed E-state index contributed by atoms with van der Waals surface area (Å²) in [5.74, 6) is 0.156. The van der Waals surface area contributed by atoms with Crippen molar-refractivity contribution in [3.8, 4) is 17.5 Å². The highest BCUT2D eigenvalue weighted by atomic mass is 35.5. The zero-order valence-electron chi connectivity index (χ0n) is 14.9. The van der Waals surface area contributed by atoms with Crippen molar-refractivity contribution in [2.45, 2.75) is 20.5 Å². The van der Waals surface area contributed by atoms with Crippen LogP contribution in [0.25, 0.3) is 5.69 Å². The second-order valence-corrected chi connectivity index (χ2v) is 6.42. The summed E-state index contributed by atoms with van der Waals surface area (Å²) < 4.78 is 7.60. The molecule has 2 N–H and O–H groups in total. The quantitative estimate of drug-likeness (QED) is 0.730. The molecule has 1 amide bonds. The highest BCUT2D eigenvalue weighted by Gasteiger charge is 2.14. The van der Waals surface area contributed by atoms with Gasteiger partial charge < -0.3 is 10.5 Å². The SMILES string of the molecule is Cc1nn(-c2ccc(C#N)c(Cl)c2)c(C)c1COc1ccc(C(N)=O)cc1. The normalized spacial score (nSPS) is 10.4. The van der Waals surface area contributed by atoms with Crippen molar-refractivity contribution in [2.24, 2.45) is 5.73 Å². The van der Waals surface area contributed by atoms with Gasteiger partial charge >= 0.3 is 0 Å². The summed E-state index contributed by atoms with van der Waals surface area (Å²) in [5, 5.41) is 14.0. The fourth-order valence-electron chi connectivity index (χ4n) is 2.73. The van der Waals surface area contributed by atoms with E-state index in [-0.39, 0.29) is 0 Å². The molecule has 0 unspecified atom stereocenters. The molecular weight excluding hydrogens is 364 g/mol. The predicted octanol–water partition coefficient (Wildman–Crippen LogP) is 3.69. The molecule has 0 radical (unpaired) electrons. The van der Waals surface area contributed by atoms with Gasteiger partial charge in [0, 0.05) is 16.8 Å². The lowest BCUT2D eigenvalue weighted by molar-refractivity contribution is 0.1000. The summed E-state index contributed by atoms with van der Waals surface area (Å²) in [6, 6.07) is 13.9. The first kappa shape index (κ1) is 18.5. The van der Waals surface area contributed by atoms with E-state index in [0.29, 0.717) is 28.5 Å². The number of carbonyl (C=O) groups is 1. The second kappa shape index (κ2) is 7.52. The first-order valence-electron chi connectivity index (χ1n) is 8.18. The van der Waals surface area contributed by atoms with Crippen molar-refractivity contribution < 1.29 is 9.53 Å². The van der Waals surface area contributed by atoms with Crippen molar-refractivity contribution in [3.05, 3.63) is 75.6 Å². The van der Waals surface area contributed by atoms with Crippen molar-refractivity contribution in [1.82, 2.24) is 9.78 Å². The number of hydrogen-bond donors (Lipinski definition) is 1. The highest BCUT2D eigenvalue weighted by molar-refractivity contribution is 6.31. The van der Waals surface area contributed by atoms with E-state index >= 15 is 0 Å². The number of primary amides is 1. The third kappa shape index (κ3) is 3.78. The molecule has 0 aliphatic heterocycles. The van der Waals surface area contributed by atoms with Crippen LogP contribution in [-0.4, -0.2) is 15.7 Å². The van der Waals surface area contributed by atoms with Crippen LogP contribution >= 0.6 is 11.6 Å². The minimum atomic E-state index is -0.476. The van der Waals surface area contributed by atoms with Gasteiger partial charge in [-0.05, 0) is 56.3 Å². The molecule has 0 fully saturated rings. The number of nitriles is 1. The fourth-order valence-corrected chi connectivity index (χ4v) is 2.95. The standard InChI is InChI=1S/C20H17ClN4O2/c1-12-18(11-27-17-7-4-14(5-8-17)20(23)26)13(2)25(24-12)16-6-3-15(10-22)19(21)9-16/h3-9H,11H2,1-2H3,(H2,23,26). The van der Waals surface area contributed by atoms with Gasteiger partial charge in [0.25, 0.3) is 0 Å². The van der Waals surface area contributed by atoms with Crippen molar-refractivity contribution >= 4 is 17.5 Å². The van der Waals surface area contributed by atoms with Crippen molar-refractivity contribution in [2.75, 3.05) is 0 Å². The molecule has 0 spiro atoms. The zero-order valence-corrected chi connectivity index (χ0v) is 15.6. The summed E-state index contributed by atoms with van der Waals surface area (Å²) in [6.07, 6.45) is 0. The lowest BCUT2D eigenvalue weighted by Gasteiger charge is -2.08. The number of halogens is 1. The van der Waals surface area contributed by atoms with Gasteiger partial charge in [0.15, 0.2) is 0 Å². The molecule has 2 aromatic carbocycles. The molecule has 27 heavy (non-hydrogen) atoms. The summed E-state index contributed by atoms with van der Waals surface area (Å²) in [5.41, 5.74) is 9.57. The Morgan fingerprint density at radius 2 is 1.96 bits per heavy atom. The van der Waals surface area contributed by atoms with E-state index in [9.17, 15) is 4.79 Å². The molecule has 0 atom stereocenters. The smallest absolute Gasteiger partial charge is 0.248 e. The van der Waals surface area contributed by atoms with Gasteiger partial charge in [-0.1, -0.05) is 11.6 Å². The average molecular weight is 381 g/mol. The number of hydrogen-bond acceptors (Lipinski definition) is 4. The number of ether oxygens (including phenoxy) is 1. The molecule has 7 heteroatoms. The second-order valence-electron chi connectivity index (χ2n) is 6.01. The Labute approximate surface area is 161 Å². The molecule has 1 heterocycles. The van der Waals surface area contributed by atoms with Crippen molar-refractivity contribution in [3.63, 3.8) is 0 Å². The van der Waals surface area contributed by atoms with E-state index in [2.05, 4.69) is 5.10 Å². The number of amides is 1. The maximum Gasteiger partial charge on any atom is 0.248 e. The third-order valence-electron chi connectivity index (χ3n) is 4.28. The van der Waals surface area contributed by atoms with Gasteiger partial charge in [0.1, 0.15) is 18.4 Å². The van der Waals surface area contributed by atoms with Crippen LogP contribution in [-0.2, 0) is 6.61 Å². The molecule has 1 aromatic heterocycles. The van der Waals surface area contributed by atoms with Gasteiger partial charge in [0.2, 0.25) is 5.91 Å². The van der Waals surface area contributed by atoms with E-state index in [1.165, 1.54) is 0 Å². The largest absolute Gasteiger partial charge is 0.489 e. The predicted molar refractivity (Wildman–Crippen MR) is 102 cm³/mol. The average Bonchev–Trinajstić information content (AvgIpc) is 2.94. The Morgan fingerprint density at radius 3 is 2.56 bits per heavy atom. The van der Waals surface area contributed by atoms with E-state index in [0.717, 1.165) is 22.6 Å². The molecule has 136 valence electrons. The monoisotopic (exact) mass is 380 g/mol. The maximum atomic E-state index is 11.1. The van der Waals surface area contributed by atoms with Gasteiger partial charge in [-0.2, -0.15) is 10.4 Å². The molecule has 6 nitrogen and oxygen atoms in total. The van der Waals surface area contributed by atoms with Gasteiger partial charge in [-0.25, -0.2) is 4.68 Å². The molecular formula is C20H17ClN4O2. The topological polar surface area (TPSA) is 93.9 Å². The Kier molecular flexibility index (Phi) is 5.15. The number of rotatable bonds is 5. The number of nitrogens with zero attached hydrogens (tertiary/aromatic N) is 3. The number of aromatic nitrogens is 2. The zero-order chi connectivity index (χ0) is 19.6. The lowest BCUT2D eigenvalue weighted by atomic mass is 10.2. The Morgan fingerprint density at radius 1 is 1.26 bits per heavy atom. The first-order chi connectivity index (χ1) is 12.9. The van der Waals surface area contributed by atoms with E-state index in [1.54, 1.807) is 47.1 Å². The minimum absolute atomic E-state index is 0.331. The van der Waals surface area contributed by atoms with Gasteiger partial charge in [0.05, 0.1) is 22.0 Å². The first-order valence-corrected chi connectivity index (χ1v) is 8.56. The van der Waals surface area contributed by atoms with E-state index in [1.807, 2.05) is 19.9 Å². The van der Waals surface area contributed by atoms with Crippen LogP contribution < -0.4 is 10.5 Å². The van der Waals surface area contributed by atoms with Crippen LogP contribution in [0.4, 0.5) is 0 Å². The maximum absolute atomic E-state index is 11.1. The molecule has 0 saturated heterocycles. The summed E-state index contributed by atoms with van der Waals surface area (Å²) in [7, 11) is 0. The highest BCUT2D eigenvalue weighted by Crippen LogP contribution is 2.24. The van der Waals surface area contributed by atoms with Crippen molar-refractivity contribution in [1.29, 1.82) is 5.26 Å². The summed E-state index contributed by atoms with van der Waals surface area (Å²) in [6.45, 7) is 4.18. The molecule has 0 saturated carbocycles. The Bertz CT molecular complexity index is 1050. The Hall–Kier alpha value is -3.30. The lowest BCUT2D eigenvalue weighted by Crippen LogP contribution is -2.10. The Balaban J connectivity index is 1.82. The molecule has 0 aliphatic rings. The van der Waals surface area contributed by atoms with Crippen LogP contribution in [0.2, 0.25) is 5.02 Å². The van der Waals surface area contributed by atoms with Gasteiger partial charge in [-0.3, -0.25) is 4.79 Å². The van der Waals surface area contributed by atoms with Crippen LogP contribution in [0, 0.1) is 25.2 Å². The minimum Gasteiger partial charge on any atom is -0.489 e. The molecule has 0 aliphatic carbocycles. The number of nitrogens with two attached hydrogens (primary N) is 1. The van der Waals surface area contributed by atoms with Crippen LogP contribution in [0.5, 0.6) is 5.75 Å². The third-order valence-corrected chi connectivity index (χ3v) is 4.59. The summed E-state index contributed by atoms with van der Waals surface area (Å²) in [4.78, 5) is 11.1. The summed E-state index contributed by atoms with van der Waals surface area (Å²) >= 11 is 6.13. The van der Waals surface area contributed by atoms with Crippen LogP contribution in [0.3, 0.4) is 0 Å². The van der Waals surface area contributed by atoms with Gasteiger partial charge in [-0.15, -0.1) is 0 Å². The number of benzene rings is 2. The molecule has 3 rings (SSSR count). The molecule has 3 aromatic rings. The van der Waals surface area contributed by atoms with E-state index in [4.69, 9.17) is 27.3 Å². The number of aryl methyl sites for hydroxylation is 1.